The molecular formula is C20H23BrN2O3S. The lowest BCUT2D eigenvalue weighted by Gasteiger charge is -2.18. The summed E-state index contributed by atoms with van der Waals surface area (Å²) in [6.45, 7) is 4.80. The number of hydrogen-bond acceptors (Lipinski definition) is 3. The summed E-state index contributed by atoms with van der Waals surface area (Å²) in [6.07, 6.45) is 1.76. The predicted octanol–water partition coefficient (Wildman–Crippen LogP) is 4.03. The van der Waals surface area contributed by atoms with E-state index in [0.717, 1.165) is 28.4 Å². The van der Waals surface area contributed by atoms with E-state index in [-0.39, 0.29) is 16.8 Å². The van der Waals surface area contributed by atoms with Crippen molar-refractivity contribution >= 4 is 31.9 Å². The average Bonchev–Trinajstić information content (AvgIpc) is 3.18. The maximum atomic E-state index is 12.8. The van der Waals surface area contributed by atoms with Crippen LogP contribution in [0.2, 0.25) is 0 Å². The molecule has 1 saturated heterocycles. The third-order valence-corrected chi connectivity index (χ3v) is 7.30. The van der Waals surface area contributed by atoms with E-state index in [0.29, 0.717) is 18.7 Å². The van der Waals surface area contributed by atoms with Crippen LogP contribution in [0.1, 0.15) is 47.3 Å². The number of benzene rings is 2. The third kappa shape index (κ3) is 4.42. The molecule has 5 nitrogen and oxygen atoms in total. The molecule has 2 aromatic rings. The van der Waals surface area contributed by atoms with Gasteiger partial charge in [0.25, 0.3) is 5.91 Å². The Morgan fingerprint density at radius 2 is 1.74 bits per heavy atom. The summed E-state index contributed by atoms with van der Waals surface area (Å²) < 4.78 is 28.0. The summed E-state index contributed by atoms with van der Waals surface area (Å²) >= 11 is 3.40. The van der Waals surface area contributed by atoms with Crippen molar-refractivity contribution in [1.29, 1.82) is 0 Å². The van der Waals surface area contributed by atoms with Crippen molar-refractivity contribution in [2.24, 2.45) is 0 Å². The molecule has 0 saturated carbocycles. The van der Waals surface area contributed by atoms with E-state index in [1.165, 1.54) is 10.4 Å². The second-order valence-corrected chi connectivity index (χ2v) is 9.69. The number of nitrogens with zero attached hydrogens (tertiary/aromatic N) is 1. The third-order valence-electron chi connectivity index (χ3n) is 4.87. The van der Waals surface area contributed by atoms with E-state index in [2.05, 4.69) is 21.2 Å². The van der Waals surface area contributed by atoms with E-state index in [4.69, 9.17) is 0 Å². The number of amides is 1. The highest BCUT2D eigenvalue weighted by molar-refractivity contribution is 9.10. The number of halogens is 1. The summed E-state index contributed by atoms with van der Waals surface area (Å²) in [5.74, 6) is -0.276. The number of aryl methyl sites for hydroxylation is 1. The number of carbonyl (C=O) groups is 1. The molecule has 144 valence electrons. The van der Waals surface area contributed by atoms with E-state index < -0.39 is 10.0 Å². The summed E-state index contributed by atoms with van der Waals surface area (Å²) in [4.78, 5) is 13.0. The molecule has 0 unspecified atom stereocenters. The van der Waals surface area contributed by atoms with Gasteiger partial charge in [0.15, 0.2) is 0 Å². The second kappa shape index (κ2) is 8.12. The van der Waals surface area contributed by atoms with Crippen LogP contribution in [0, 0.1) is 6.92 Å². The fraction of sp³-hybridized carbons (Fsp3) is 0.350. The van der Waals surface area contributed by atoms with Gasteiger partial charge in [0.1, 0.15) is 0 Å². The van der Waals surface area contributed by atoms with E-state index in [1.807, 2.05) is 38.1 Å². The van der Waals surface area contributed by atoms with Crippen LogP contribution in [0.5, 0.6) is 0 Å². The molecule has 2 aromatic carbocycles. The maximum Gasteiger partial charge on any atom is 0.252 e. The molecule has 1 fully saturated rings. The zero-order valence-electron chi connectivity index (χ0n) is 15.4. The Morgan fingerprint density at radius 3 is 2.37 bits per heavy atom. The Balaban J connectivity index is 1.83. The van der Waals surface area contributed by atoms with Gasteiger partial charge >= 0.3 is 0 Å². The summed E-state index contributed by atoms with van der Waals surface area (Å²) in [5.41, 5.74) is 2.11. The summed E-state index contributed by atoms with van der Waals surface area (Å²) in [6, 6.07) is 12.3. The Hall–Kier alpha value is -1.70. The van der Waals surface area contributed by atoms with Crippen molar-refractivity contribution in [1.82, 2.24) is 9.62 Å². The van der Waals surface area contributed by atoms with Gasteiger partial charge in [0, 0.05) is 23.1 Å². The molecule has 1 amide bonds. The highest BCUT2D eigenvalue weighted by Gasteiger charge is 2.28. The molecule has 1 aliphatic rings. The zero-order valence-corrected chi connectivity index (χ0v) is 17.8. The van der Waals surface area contributed by atoms with Gasteiger partial charge in [-0.3, -0.25) is 4.79 Å². The Labute approximate surface area is 169 Å². The van der Waals surface area contributed by atoms with Gasteiger partial charge in [-0.15, -0.1) is 0 Å². The second-order valence-electron chi connectivity index (χ2n) is 6.83. The lowest BCUT2D eigenvalue weighted by atomic mass is 10.1. The largest absolute Gasteiger partial charge is 0.346 e. The van der Waals surface area contributed by atoms with Crippen LogP contribution in [-0.4, -0.2) is 31.7 Å². The molecule has 1 N–H and O–H groups in total. The molecule has 1 aliphatic heterocycles. The zero-order chi connectivity index (χ0) is 19.6. The molecule has 7 heteroatoms. The van der Waals surface area contributed by atoms with Crippen molar-refractivity contribution in [2.45, 2.75) is 37.6 Å². The van der Waals surface area contributed by atoms with E-state index >= 15 is 0 Å². The normalized spacial score (nSPS) is 16.3. The Bertz CT molecular complexity index is 936. The molecule has 27 heavy (non-hydrogen) atoms. The lowest BCUT2D eigenvalue weighted by molar-refractivity contribution is 0.0939. The molecule has 0 radical (unpaired) electrons. The summed E-state index contributed by atoms with van der Waals surface area (Å²) in [7, 11) is -3.55. The average molecular weight is 451 g/mol. The number of carbonyl (C=O) groups excluding carboxylic acids is 1. The minimum Gasteiger partial charge on any atom is -0.346 e. The van der Waals surface area contributed by atoms with Crippen molar-refractivity contribution in [2.75, 3.05) is 13.1 Å². The van der Waals surface area contributed by atoms with Gasteiger partial charge < -0.3 is 5.32 Å². The number of nitrogens with one attached hydrogen (secondary N) is 1. The van der Waals surface area contributed by atoms with Crippen LogP contribution in [0.25, 0.3) is 0 Å². The first kappa shape index (κ1) is 20.0. The van der Waals surface area contributed by atoms with Crippen molar-refractivity contribution in [3.05, 3.63) is 63.6 Å². The number of rotatable bonds is 5. The first-order valence-corrected chi connectivity index (χ1v) is 11.2. The lowest BCUT2D eigenvalue weighted by Crippen LogP contribution is -2.29. The molecule has 0 aliphatic carbocycles. The van der Waals surface area contributed by atoms with Crippen molar-refractivity contribution in [3.8, 4) is 0 Å². The molecule has 1 heterocycles. The van der Waals surface area contributed by atoms with E-state index in [1.54, 1.807) is 12.1 Å². The first-order chi connectivity index (χ1) is 12.8. The van der Waals surface area contributed by atoms with Crippen LogP contribution < -0.4 is 5.32 Å². The molecule has 3 rings (SSSR count). The maximum absolute atomic E-state index is 12.8. The van der Waals surface area contributed by atoms with Gasteiger partial charge in [-0.2, -0.15) is 4.31 Å². The molecule has 0 spiro atoms. The van der Waals surface area contributed by atoms with Crippen LogP contribution in [0.4, 0.5) is 0 Å². The standard InChI is InChI=1S/C20H23BrN2O3S/c1-14-5-10-18(27(25,26)23-11-3-4-12-23)13-19(14)20(24)22-15(2)16-6-8-17(21)9-7-16/h5-10,13,15H,3-4,11-12H2,1-2H3,(H,22,24)/t15-/m0/s1. The van der Waals surface area contributed by atoms with Gasteiger partial charge in [-0.05, 0) is 62.1 Å². The van der Waals surface area contributed by atoms with Crippen LogP contribution >= 0.6 is 15.9 Å². The first-order valence-electron chi connectivity index (χ1n) is 8.96. The fourth-order valence-electron chi connectivity index (χ4n) is 3.19. The SMILES string of the molecule is Cc1ccc(S(=O)(=O)N2CCCC2)cc1C(=O)N[C@@H](C)c1ccc(Br)cc1. The molecule has 0 bridgehead atoms. The predicted molar refractivity (Wildman–Crippen MR) is 109 cm³/mol. The van der Waals surface area contributed by atoms with Crippen LogP contribution in [0.3, 0.4) is 0 Å². The topological polar surface area (TPSA) is 66.5 Å². The van der Waals surface area contributed by atoms with Crippen LogP contribution in [0.15, 0.2) is 51.8 Å². The minimum absolute atomic E-state index is 0.177. The molecule has 0 aromatic heterocycles. The number of sulfonamides is 1. The fourth-order valence-corrected chi connectivity index (χ4v) is 5.00. The van der Waals surface area contributed by atoms with Crippen molar-refractivity contribution in [3.63, 3.8) is 0 Å². The Kier molecular flexibility index (Phi) is 6.03. The number of hydrogen-bond donors (Lipinski definition) is 1. The van der Waals surface area contributed by atoms with Gasteiger partial charge in [0.2, 0.25) is 10.0 Å². The minimum atomic E-state index is -3.55. The van der Waals surface area contributed by atoms with E-state index in [9.17, 15) is 13.2 Å². The highest BCUT2D eigenvalue weighted by atomic mass is 79.9. The van der Waals surface area contributed by atoms with Gasteiger partial charge in [-0.25, -0.2) is 8.42 Å². The van der Waals surface area contributed by atoms with Gasteiger partial charge in [-0.1, -0.05) is 34.1 Å². The van der Waals surface area contributed by atoms with Crippen molar-refractivity contribution < 1.29 is 13.2 Å². The summed E-state index contributed by atoms with van der Waals surface area (Å²) in [5, 5.41) is 2.96. The monoisotopic (exact) mass is 450 g/mol. The quantitative estimate of drug-likeness (QED) is 0.747. The Morgan fingerprint density at radius 1 is 1.11 bits per heavy atom. The van der Waals surface area contributed by atoms with Gasteiger partial charge in [0.05, 0.1) is 10.9 Å². The molecule has 1 atom stereocenters. The smallest absolute Gasteiger partial charge is 0.252 e. The van der Waals surface area contributed by atoms with Crippen LogP contribution in [-0.2, 0) is 10.0 Å². The molecular weight excluding hydrogens is 428 g/mol. The highest BCUT2D eigenvalue weighted by Crippen LogP contribution is 2.24.